The first kappa shape index (κ1) is 13.9. The Balaban J connectivity index is 2.27. The van der Waals surface area contributed by atoms with Gasteiger partial charge in [0.25, 0.3) is 0 Å². The number of nitrogens with zero attached hydrogens (tertiary/aromatic N) is 2. The van der Waals surface area contributed by atoms with E-state index < -0.39 is 6.03 Å². The summed E-state index contributed by atoms with van der Waals surface area (Å²) in [6, 6.07) is 11.5. The van der Waals surface area contributed by atoms with E-state index in [1.54, 1.807) is 0 Å². The summed E-state index contributed by atoms with van der Waals surface area (Å²) in [6.45, 7) is 5.96. The molecular weight excluding hydrogens is 252 g/mol. The van der Waals surface area contributed by atoms with Crippen LogP contribution in [-0.2, 0) is 0 Å². The predicted octanol–water partition coefficient (Wildman–Crippen LogP) is 2.49. The maximum atomic E-state index is 10.6. The van der Waals surface area contributed by atoms with Gasteiger partial charge in [0, 0.05) is 17.1 Å². The highest BCUT2D eigenvalue weighted by molar-refractivity contribution is 5.99. The van der Waals surface area contributed by atoms with Gasteiger partial charge in [0.1, 0.15) is 0 Å². The van der Waals surface area contributed by atoms with Crippen molar-refractivity contribution < 1.29 is 4.79 Å². The predicted molar refractivity (Wildman–Crippen MR) is 80.2 cm³/mol. The first-order valence-corrected chi connectivity index (χ1v) is 6.34. The van der Waals surface area contributed by atoms with Gasteiger partial charge in [0.05, 0.1) is 5.71 Å². The molecule has 2 amide bonds. The second kappa shape index (κ2) is 5.61. The van der Waals surface area contributed by atoms with Gasteiger partial charge in [-0.3, -0.25) is 0 Å². The standard InChI is InChI=1S/C15H18N4O/c1-10-4-5-11(2)19(10)14-8-6-13(7-9-14)12(3)17-18-15(16)20/h4-9H,1-3H3,(H3,16,18,20)/b17-12+. The van der Waals surface area contributed by atoms with Crippen LogP contribution in [0.5, 0.6) is 0 Å². The molecule has 104 valence electrons. The fourth-order valence-electron chi connectivity index (χ4n) is 2.13. The lowest BCUT2D eigenvalue weighted by Gasteiger charge is -2.10. The van der Waals surface area contributed by atoms with Gasteiger partial charge in [-0.25, -0.2) is 10.2 Å². The zero-order valence-corrected chi connectivity index (χ0v) is 11.8. The molecule has 5 heteroatoms. The molecule has 2 rings (SSSR count). The summed E-state index contributed by atoms with van der Waals surface area (Å²) in [5.74, 6) is 0. The molecule has 0 unspecified atom stereocenters. The summed E-state index contributed by atoms with van der Waals surface area (Å²) in [4.78, 5) is 10.6. The number of benzene rings is 1. The van der Waals surface area contributed by atoms with E-state index in [1.807, 2.05) is 31.2 Å². The topological polar surface area (TPSA) is 72.4 Å². The van der Waals surface area contributed by atoms with E-state index in [2.05, 4.69) is 41.1 Å². The number of amides is 2. The van der Waals surface area contributed by atoms with E-state index in [0.717, 1.165) is 11.3 Å². The Morgan fingerprint density at radius 1 is 1.10 bits per heavy atom. The molecule has 0 radical (unpaired) electrons. The molecule has 0 bridgehead atoms. The normalized spacial score (nSPS) is 11.4. The quantitative estimate of drug-likeness (QED) is 0.652. The monoisotopic (exact) mass is 270 g/mol. The van der Waals surface area contributed by atoms with Gasteiger partial charge in [0.2, 0.25) is 0 Å². The molecule has 0 aliphatic rings. The van der Waals surface area contributed by atoms with E-state index >= 15 is 0 Å². The van der Waals surface area contributed by atoms with Crippen LogP contribution in [0.4, 0.5) is 4.79 Å². The van der Waals surface area contributed by atoms with Gasteiger partial charge in [-0.2, -0.15) is 5.10 Å². The van der Waals surface area contributed by atoms with Crippen molar-refractivity contribution in [3.8, 4) is 5.69 Å². The highest BCUT2D eigenvalue weighted by Crippen LogP contribution is 2.17. The highest BCUT2D eigenvalue weighted by atomic mass is 16.2. The number of urea groups is 1. The largest absolute Gasteiger partial charge is 0.350 e. The molecule has 0 fully saturated rings. The number of nitrogens with two attached hydrogens (primary N) is 1. The Labute approximate surface area is 118 Å². The van der Waals surface area contributed by atoms with Crippen molar-refractivity contribution in [3.63, 3.8) is 0 Å². The third kappa shape index (κ3) is 2.88. The second-order valence-corrected chi connectivity index (χ2v) is 4.67. The summed E-state index contributed by atoms with van der Waals surface area (Å²) in [5, 5.41) is 3.91. The van der Waals surface area contributed by atoms with Gasteiger partial charge < -0.3 is 10.3 Å². The van der Waals surface area contributed by atoms with Crippen LogP contribution in [0.2, 0.25) is 0 Å². The van der Waals surface area contributed by atoms with Crippen LogP contribution in [0.3, 0.4) is 0 Å². The van der Waals surface area contributed by atoms with E-state index in [-0.39, 0.29) is 0 Å². The van der Waals surface area contributed by atoms with Gasteiger partial charge in [-0.05, 0) is 50.6 Å². The fourth-order valence-corrected chi connectivity index (χ4v) is 2.13. The maximum Gasteiger partial charge on any atom is 0.332 e. The number of aromatic nitrogens is 1. The second-order valence-electron chi connectivity index (χ2n) is 4.67. The summed E-state index contributed by atoms with van der Waals surface area (Å²) in [7, 11) is 0. The van der Waals surface area contributed by atoms with Gasteiger partial charge in [-0.15, -0.1) is 0 Å². The van der Waals surface area contributed by atoms with Crippen LogP contribution in [-0.4, -0.2) is 16.3 Å². The van der Waals surface area contributed by atoms with Crippen LogP contribution >= 0.6 is 0 Å². The molecule has 3 N–H and O–H groups in total. The van der Waals surface area contributed by atoms with E-state index in [4.69, 9.17) is 5.73 Å². The van der Waals surface area contributed by atoms with Crippen LogP contribution in [0, 0.1) is 13.8 Å². The van der Waals surface area contributed by atoms with Crippen molar-refractivity contribution in [2.24, 2.45) is 10.8 Å². The number of carbonyl (C=O) groups is 1. The number of carbonyl (C=O) groups excluding carboxylic acids is 1. The Kier molecular flexibility index (Phi) is 3.89. The van der Waals surface area contributed by atoms with Crippen LogP contribution in [0.1, 0.15) is 23.9 Å². The molecule has 20 heavy (non-hydrogen) atoms. The van der Waals surface area contributed by atoms with Gasteiger partial charge in [0.15, 0.2) is 0 Å². The number of hydrogen-bond donors (Lipinski definition) is 2. The lowest BCUT2D eigenvalue weighted by Crippen LogP contribution is -2.25. The van der Waals surface area contributed by atoms with Crippen LogP contribution < -0.4 is 11.2 Å². The Bertz CT molecular complexity index is 634. The minimum absolute atomic E-state index is 0.667. The first-order chi connectivity index (χ1) is 9.49. The minimum Gasteiger partial charge on any atom is -0.350 e. The molecule has 2 aromatic rings. The molecule has 5 nitrogen and oxygen atoms in total. The number of rotatable bonds is 3. The molecule has 0 atom stereocenters. The summed E-state index contributed by atoms with van der Waals surface area (Å²) >= 11 is 0. The number of hydrazone groups is 1. The highest BCUT2D eigenvalue weighted by Gasteiger charge is 2.04. The summed E-state index contributed by atoms with van der Waals surface area (Å²) < 4.78 is 2.18. The number of primary amides is 1. The van der Waals surface area contributed by atoms with Crippen molar-refractivity contribution >= 4 is 11.7 Å². The smallest absolute Gasteiger partial charge is 0.332 e. The number of aryl methyl sites for hydroxylation is 2. The van der Waals surface area contributed by atoms with E-state index in [9.17, 15) is 4.79 Å². The van der Waals surface area contributed by atoms with E-state index in [0.29, 0.717) is 5.71 Å². The minimum atomic E-state index is -0.667. The van der Waals surface area contributed by atoms with Crippen molar-refractivity contribution in [1.29, 1.82) is 0 Å². The van der Waals surface area contributed by atoms with Crippen molar-refractivity contribution in [3.05, 3.63) is 53.3 Å². The van der Waals surface area contributed by atoms with Crippen molar-refractivity contribution in [2.75, 3.05) is 0 Å². The molecule has 1 heterocycles. The molecule has 0 spiro atoms. The Morgan fingerprint density at radius 2 is 1.65 bits per heavy atom. The Hall–Kier alpha value is -2.56. The maximum absolute atomic E-state index is 10.6. The van der Waals surface area contributed by atoms with Crippen LogP contribution in [0.25, 0.3) is 5.69 Å². The molecular formula is C15H18N4O. The average molecular weight is 270 g/mol. The number of hydrogen-bond acceptors (Lipinski definition) is 2. The SMILES string of the molecule is C/C(=N\NC(N)=O)c1ccc(-n2c(C)ccc2C)cc1. The van der Waals surface area contributed by atoms with Gasteiger partial charge in [-0.1, -0.05) is 12.1 Å². The lowest BCUT2D eigenvalue weighted by molar-refractivity contribution is 0.249. The Morgan fingerprint density at radius 3 is 2.15 bits per heavy atom. The van der Waals surface area contributed by atoms with Crippen molar-refractivity contribution in [2.45, 2.75) is 20.8 Å². The molecule has 0 saturated carbocycles. The zero-order chi connectivity index (χ0) is 14.7. The molecule has 0 saturated heterocycles. The zero-order valence-electron chi connectivity index (χ0n) is 11.8. The molecule has 1 aromatic carbocycles. The summed E-state index contributed by atoms with van der Waals surface area (Å²) in [5.41, 5.74) is 12.3. The van der Waals surface area contributed by atoms with Gasteiger partial charge >= 0.3 is 6.03 Å². The molecule has 1 aromatic heterocycles. The molecule has 0 aliphatic heterocycles. The van der Waals surface area contributed by atoms with Crippen molar-refractivity contribution in [1.82, 2.24) is 9.99 Å². The first-order valence-electron chi connectivity index (χ1n) is 6.34. The third-order valence-corrected chi connectivity index (χ3v) is 3.15. The average Bonchev–Trinajstić information content (AvgIpc) is 2.76. The third-order valence-electron chi connectivity index (χ3n) is 3.15. The number of nitrogens with one attached hydrogen (secondary N) is 1. The molecule has 0 aliphatic carbocycles. The summed E-state index contributed by atoms with van der Waals surface area (Å²) in [6.07, 6.45) is 0. The fraction of sp³-hybridized carbons (Fsp3) is 0.200. The lowest BCUT2D eigenvalue weighted by atomic mass is 10.1. The van der Waals surface area contributed by atoms with E-state index in [1.165, 1.54) is 11.4 Å². The van der Waals surface area contributed by atoms with Crippen LogP contribution in [0.15, 0.2) is 41.5 Å².